The molecule has 0 fully saturated rings. The number of fused-ring (bicyclic) bond motifs is 1. The summed E-state index contributed by atoms with van der Waals surface area (Å²) < 4.78 is 1.63. The molecular formula is C13H13N3OS2. The van der Waals surface area contributed by atoms with Crippen molar-refractivity contribution in [1.29, 1.82) is 0 Å². The highest BCUT2D eigenvalue weighted by Crippen LogP contribution is 2.21. The van der Waals surface area contributed by atoms with Gasteiger partial charge in [0.05, 0.1) is 29.0 Å². The summed E-state index contributed by atoms with van der Waals surface area (Å²) in [5.74, 6) is 0. The van der Waals surface area contributed by atoms with Crippen molar-refractivity contribution in [3.63, 3.8) is 0 Å². The fourth-order valence-corrected chi connectivity index (χ4v) is 3.48. The number of nitrogens with zero attached hydrogens (tertiary/aromatic N) is 3. The molecule has 19 heavy (non-hydrogen) atoms. The van der Waals surface area contributed by atoms with E-state index in [0.29, 0.717) is 6.54 Å². The number of thiophene rings is 1. The van der Waals surface area contributed by atoms with Crippen LogP contribution in [0.25, 0.3) is 10.2 Å². The summed E-state index contributed by atoms with van der Waals surface area (Å²) in [5, 5.41) is 3.72. The van der Waals surface area contributed by atoms with Gasteiger partial charge in [0.2, 0.25) is 0 Å². The Morgan fingerprint density at radius 1 is 1.42 bits per heavy atom. The highest BCUT2D eigenvalue weighted by atomic mass is 32.1. The number of hydrogen-bond acceptors (Lipinski definition) is 5. The Balaban J connectivity index is 2.04. The number of rotatable bonds is 3. The molecule has 6 heteroatoms. The first-order valence-electron chi connectivity index (χ1n) is 6.06. The minimum absolute atomic E-state index is 0.0200. The van der Waals surface area contributed by atoms with Crippen molar-refractivity contribution in [1.82, 2.24) is 14.5 Å². The lowest BCUT2D eigenvalue weighted by molar-refractivity contribution is 0.733. The van der Waals surface area contributed by atoms with Crippen molar-refractivity contribution in [3.8, 4) is 0 Å². The summed E-state index contributed by atoms with van der Waals surface area (Å²) in [6, 6.07) is 1.96. The molecule has 0 aromatic carbocycles. The van der Waals surface area contributed by atoms with Crippen molar-refractivity contribution in [2.75, 3.05) is 0 Å². The van der Waals surface area contributed by atoms with Crippen LogP contribution in [0.1, 0.15) is 22.5 Å². The normalized spacial score (nSPS) is 11.3. The summed E-state index contributed by atoms with van der Waals surface area (Å²) in [5.41, 5.74) is 0.934. The first kappa shape index (κ1) is 12.5. The average molecular weight is 291 g/mol. The molecule has 0 bridgehead atoms. The zero-order valence-electron chi connectivity index (χ0n) is 10.7. The van der Waals surface area contributed by atoms with Gasteiger partial charge < -0.3 is 0 Å². The standard InChI is InChI=1S/C13H13N3OS2/c1-3-10-4-11-12(19-10)14-7-16(13(11)17)5-9-6-18-8(2)15-9/h4,6-7H,3,5H2,1-2H3. The Morgan fingerprint density at radius 3 is 2.95 bits per heavy atom. The van der Waals surface area contributed by atoms with Gasteiger partial charge >= 0.3 is 0 Å². The molecule has 3 aromatic heterocycles. The van der Waals surface area contributed by atoms with Gasteiger partial charge in [0.15, 0.2) is 0 Å². The zero-order valence-corrected chi connectivity index (χ0v) is 12.3. The Kier molecular flexibility index (Phi) is 3.20. The van der Waals surface area contributed by atoms with Gasteiger partial charge in [-0.3, -0.25) is 9.36 Å². The third kappa shape index (κ3) is 2.33. The molecule has 3 aromatic rings. The van der Waals surface area contributed by atoms with Crippen molar-refractivity contribution < 1.29 is 0 Å². The molecule has 4 nitrogen and oxygen atoms in total. The van der Waals surface area contributed by atoms with E-state index in [-0.39, 0.29) is 5.56 Å². The maximum Gasteiger partial charge on any atom is 0.262 e. The lowest BCUT2D eigenvalue weighted by Gasteiger charge is -2.01. The van der Waals surface area contributed by atoms with Gasteiger partial charge in [0.1, 0.15) is 4.83 Å². The van der Waals surface area contributed by atoms with Gasteiger partial charge in [0.25, 0.3) is 5.56 Å². The van der Waals surface area contributed by atoms with E-state index in [0.717, 1.165) is 27.3 Å². The SMILES string of the molecule is CCc1cc2c(=O)n(Cc3csc(C)n3)cnc2s1. The van der Waals surface area contributed by atoms with Crippen LogP contribution in [0.4, 0.5) is 0 Å². The molecular weight excluding hydrogens is 278 g/mol. The topological polar surface area (TPSA) is 47.8 Å². The second kappa shape index (κ2) is 4.86. The molecule has 0 amide bonds. The Hall–Kier alpha value is -1.53. The third-order valence-corrected chi connectivity index (χ3v) is 4.93. The van der Waals surface area contributed by atoms with Crippen molar-refractivity contribution in [3.05, 3.63) is 43.7 Å². The van der Waals surface area contributed by atoms with E-state index in [1.807, 2.05) is 18.4 Å². The lowest BCUT2D eigenvalue weighted by atomic mass is 10.3. The van der Waals surface area contributed by atoms with E-state index < -0.39 is 0 Å². The zero-order chi connectivity index (χ0) is 13.4. The quantitative estimate of drug-likeness (QED) is 0.745. The monoisotopic (exact) mass is 291 g/mol. The predicted molar refractivity (Wildman–Crippen MR) is 79.2 cm³/mol. The van der Waals surface area contributed by atoms with E-state index in [2.05, 4.69) is 16.9 Å². The van der Waals surface area contributed by atoms with Gasteiger partial charge in [-0.15, -0.1) is 22.7 Å². The molecule has 0 aliphatic heterocycles. The second-order valence-electron chi connectivity index (χ2n) is 4.32. The van der Waals surface area contributed by atoms with E-state index in [1.165, 1.54) is 4.88 Å². The molecule has 0 saturated heterocycles. The largest absolute Gasteiger partial charge is 0.293 e. The highest BCUT2D eigenvalue weighted by Gasteiger charge is 2.09. The van der Waals surface area contributed by atoms with E-state index in [4.69, 9.17) is 0 Å². The molecule has 98 valence electrons. The minimum Gasteiger partial charge on any atom is -0.293 e. The molecule has 3 heterocycles. The molecule has 0 unspecified atom stereocenters. The predicted octanol–water partition coefficient (Wildman–Crippen LogP) is 2.83. The molecule has 0 aliphatic carbocycles. The van der Waals surface area contributed by atoms with Gasteiger partial charge in [-0.05, 0) is 19.4 Å². The van der Waals surface area contributed by atoms with Gasteiger partial charge in [0, 0.05) is 10.3 Å². The number of aryl methyl sites for hydroxylation is 2. The smallest absolute Gasteiger partial charge is 0.262 e. The van der Waals surface area contributed by atoms with Crippen LogP contribution >= 0.6 is 22.7 Å². The first-order chi connectivity index (χ1) is 9.17. The Bertz CT molecular complexity index is 785. The van der Waals surface area contributed by atoms with Gasteiger partial charge in [-0.2, -0.15) is 0 Å². The fraction of sp³-hybridized carbons (Fsp3) is 0.308. The minimum atomic E-state index is 0.0200. The molecule has 0 saturated carbocycles. The molecule has 0 radical (unpaired) electrons. The van der Waals surface area contributed by atoms with Crippen LogP contribution in [0, 0.1) is 6.92 Å². The second-order valence-corrected chi connectivity index (χ2v) is 6.50. The summed E-state index contributed by atoms with van der Waals surface area (Å²) in [6.07, 6.45) is 2.56. The van der Waals surface area contributed by atoms with E-state index >= 15 is 0 Å². The summed E-state index contributed by atoms with van der Waals surface area (Å²) in [7, 11) is 0. The van der Waals surface area contributed by atoms with Crippen LogP contribution in [0.3, 0.4) is 0 Å². The average Bonchev–Trinajstić information content (AvgIpc) is 2.99. The van der Waals surface area contributed by atoms with Crippen molar-refractivity contribution in [2.45, 2.75) is 26.8 Å². The van der Waals surface area contributed by atoms with Crippen molar-refractivity contribution >= 4 is 32.9 Å². The fourth-order valence-electron chi connectivity index (χ4n) is 1.95. The third-order valence-electron chi connectivity index (χ3n) is 2.92. The molecule has 0 N–H and O–H groups in total. The van der Waals surface area contributed by atoms with E-state index in [1.54, 1.807) is 33.6 Å². The number of hydrogen-bond donors (Lipinski definition) is 0. The molecule has 0 aliphatic rings. The molecule has 0 spiro atoms. The first-order valence-corrected chi connectivity index (χ1v) is 7.76. The van der Waals surface area contributed by atoms with Crippen LogP contribution in [-0.4, -0.2) is 14.5 Å². The number of aromatic nitrogens is 3. The molecule has 3 rings (SSSR count). The van der Waals surface area contributed by atoms with Gasteiger partial charge in [-0.1, -0.05) is 6.92 Å². The number of thiazole rings is 1. The highest BCUT2D eigenvalue weighted by molar-refractivity contribution is 7.18. The van der Waals surface area contributed by atoms with Crippen LogP contribution in [-0.2, 0) is 13.0 Å². The van der Waals surface area contributed by atoms with E-state index in [9.17, 15) is 4.79 Å². The molecule has 0 atom stereocenters. The Morgan fingerprint density at radius 2 is 2.26 bits per heavy atom. The van der Waals surface area contributed by atoms with Crippen LogP contribution < -0.4 is 5.56 Å². The van der Waals surface area contributed by atoms with Crippen molar-refractivity contribution in [2.24, 2.45) is 0 Å². The van der Waals surface area contributed by atoms with Crippen LogP contribution in [0.15, 0.2) is 22.6 Å². The Labute approximate surface area is 118 Å². The summed E-state index contributed by atoms with van der Waals surface area (Å²) >= 11 is 3.19. The lowest BCUT2D eigenvalue weighted by Crippen LogP contribution is -2.20. The summed E-state index contributed by atoms with van der Waals surface area (Å²) in [6.45, 7) is 4.54. The van der Waals surface area contributed by atoms with Gasteiger partial charge in [-0.25, -0.2) is 9.97 Å². The maximum atomic E-state index is 12.4. The van der Waals surface area contributed by atoms with Crippen LogP contribution in [0.2, 0.25) is 0 Å². The maximum absolute atomic E-state index is 12.4. The van der Waals surface area contributed by atoms with Crippen LogP contribution in [0.5, 0.6) is 0 Å². The summed E-state index contributed by atoms with van der Waals surface area (Å²) in [4.78, 5) is 23.1.